The predicted molar refractivity (Wildman–Crippen MR) is 94.6 cm³/mol. The number of pyridine rings is 1. The number of hydrogen-bond acceptors (Lipinski definition) is 3. The van der Waals surface area contributed by atoms with Crippen molar-refractivity contribution in [2.24, 2.45) is 5.92 Å². The molecule has 0 aromatic carbocycles. The highest BCUT2D eigenvalue weighted by atomic mass is 127. The van der Waals surface area contributed by atoms with Crippen LogP contribution >= 0.6 is 22.6 Å². The quantitative estimate of drug-likeness (QED) is 0.724. The van der Waals surface area contributed by atoms with Crippen molar-refractivity contribution in [3.8, 4) is 0 Å². The van der Waals surface area contributed by atoms with Crippen LogP contribution in [0.15, 0.2) is 24.5 Å². The summed E-state index contributed by atoms with van der Waals surface area (Å²) in [6.45, 7) is 8.40. The van der Waals surface area contributed by atoms with Crippen LogP contribution in [0.2, 0.25) is 0 Å². The molecule has 0 spiro atoms. The van der Waals surface area contributed by atoms with E-state index in [-0.39, 0.29) is 5.91 Å². The fraction of sp³-hybridized carbons (Fsp3) is 0.500. The van der Waals surface area contributed by atoms with E-state index in [1.165, 1.54) is 0 Å². The Balaban J connectivity index is 1.67. The lowest BCUT2D eigenvalue weighted by Crippen LogP contribution is -2.50. The first-order chi connectivity index (χ1) is 10.5. The van der Waals surface area contributed by atoms with Crippen LogP contribution in [0.3, 0.4) is 0 Å². The summed E-state index contributed by atoms with van der Waals surface area (Å²) in [6, 6.07) is 4.17. The van der Waals surface area contributed by atoms with Crippen LogP contribution in [-0.2, 0) is 11.3 Å². The number of carbonyl (C=O) groups excluding carboxylic acids is 1. The van der Waals surface area contributed by atoms with Gasteiger partial charge in [-0.25, -0.2) is 4.52 Å². The number of hydrogen-bond donors (Lipinski definition) is 0. The van der Waals surface area contributed by atoms with Crippen molar-refractivity contribution in [3.05, 3.63) is 33.7 Å². The van der Waals surface area contributed by atoms with Gasteiger partial charge in [0.25, 0.3) is 0 Å². The summed E-state index contributed by atoms with van der Waals surface area (Å²) in [5.74, 6) is 0.834. The molecule has 1 aliphatic rings. The standard InChI is InChI=1S/C16H21IN4O/c1-12(2)9-19-5-6-20(16(22)11-19)10-13-3-4-21-15(7-13)14(17)8-18-21/h3-4,7-8,12H,5-6,9-11H2,1-2H3. The SMILES string of the molecule is CC(C)CN1CCN(Cc2ccn3ncc(I)c3c2)C(=O)C1. The molecule has 0 N–H and O–H groups in total. The van der Waals surface area contributed by atoms with Gasteiger partial charge in [0.1, 0.15) is 0 Å². The molecule has 6 heteroatoms. The zero-order chi connectivity index (χ0) is 15.7. The molecular formula is C16H21IN4O. The summed E-state index contributed by atoms with van der Waals surface area (Å²) >= 11 is 2.29. The lowest BCUT2D eigenvalue weighted by molar-refractivity contribution is -0.136. The van der Waals surface area contributed by atoms with Crippen LogP contribution < -0.4 is 0 Å². The lowest BCUT2D eigenvalue weighted by Gasteiger charge is -2.35. The van der Waals surface area contributed by atoms with Gasteiger partial charge in [-0.2, -0.15) is 5.10 Å². The van der Waals surface area contributed by atoms with E-state index in [1.54, 1.807) is 0 Å². The molecule has 2 aromatic heterocycles. The predicted octanol–water partition coefficient (Wildman–Crippen LogP) is 2.24. The van der Waals surface area contributed by atoms with Gasteiger partial charge in [-0.15, -0.1) is 0 Å². The Kier molecular flexibility index (Phi) is 4.67. The zero-order valence-corrected chi connectivity index (χ0v) is 15.2. The number of rotatable bonds is 4. The number of fused-ring (bicyclic) bond motifs is 1. The summed E-state index contributed by atoms with van der Waals surface area (Å²) in [6.07, 6.45) is 3.82. The van der Waals surface area contributed by atoms with Crippen molar-refractivity contribution >= 4 is 34.0 Å². The molecule has 0 aliphatic carbocycles. The van der Waals surface area contributed by atoms with Crippen molar-refractivity contribution in [3.63, 3.8) is 0 Å². The molecule has 0 unspecified atom stereocenters. The molecule has 1 saturated heterocycles. The molecule has 0 saturated carbocycles. The van der Waals surface area contributed by atoms with Gasteiger partial charge in [0.2, 0.25) is 5.91 Å². The van der Waals surface area contributed by atoms with Crippen LogP contribution in [0.4, 0.5) is 0 Å². The monoisotopic (exact) mass is 412 g/mol. The first kappa shape index (κ1) is 15.7. The molecule has 3 rings (SSSR count). The average molecular weight is 412 g/mol. The Morgan fingerprint density at radius 3 is 2.91 bits per heavy atom. The number of nitrogens with zero attached hydrogens (tertiary/aromatic N) is 4. The highest BCUT2D eigenvalue weighted by molar-refractivity contribution is 14.1. The first-order valence-electron chi connectivity index (χ1n) is 7.65. The maximum Gasteiger partial charge on any atom is 0.237 e. The minimum atomic E-state index is 0.231. The number of carbonyl (C=O) groups is 1. The van der Waals surface area contributed by atoms with Crippen LogP contribution in [0.1, 0.15) is 19.4 Å². The average Bonchev–Trinajstić information content (AvgIpc) is 2.83. The Morgan fingerprint density at radius 2 is 2.18 bits per heavy atom. The topological polar surface area (TPSA) is 40.9 Å². The molecule has 1 aliphatic heterocycles. The van der Waals surface area contributed by atoms with E-state index >= 15 is 0 Å². The smallest absolute Gasteiger partial charge is 0.237 e. The van der Waals surface area contributed by atoms with Gasteiger partial charge in [-0.05, 0) is 46.2 Å². The van der Waals surface area contributed by atoms with Crippen molar-refractivity contribution < 1.29 is 4.79 Å². The van der Waals surface area contributed by atoms with Crippen molar-refractivity contribution in [2.45, 2.75) is 20.4 Å². The van der Waals surface area contributed by atoms with Crippen molar-refractivity contribution in [2.75, 3.05) is 26.2 Å². The third kappa shape index (κ3) is 3.43. The number of amides is 1. The second kappa shape index (κ2) is 6.54. The fourth-order valence-electron chi connectivity index (χ4n) is 2.91. The fourth-order valence-corrected chi connectivity index (χ4v) is 3.44. The first-order valence-corrected chi connectivity index (χ1v) is 8.72. The van der Waals surface area contributed by atoms with E-state index in [0.717, 1.165) is 34.3 Å². The van der Waals surface area contributed by atoms with Gasteiger partial charge in [-0.1, -0.05) is 13.8 Å². The molecule has 0 atom stereocenters. The molecule has 5 nitrogen and oxygen atoms in total. The van der Waals surface area contributed by atoms with Crippen LogP contribution in [0, 0.1) is 9.49 Å². The molecule has 3 heterocycles. The molecule has 22 heavy (non-hydrogen) atoms. The maximum absolute atomic E-state index is 12.3. The van der Waals surface area contributed by atoms with E-state index in [2.05, 4.69) is 52.5 Å². The number of piperazine rings is 1. The van der Waals surface area contributed by atoms with Gasteiger partial charge in [0, 0.05) is 32.4 Å². The Labute approximate surface area is 144 Å². The lowest BCUT2D eigenvalue weighted by atomic mass is 10.1. The van der Waals surface area contributed by atoms with E-state index in [1.807, 2.05) is 27.9 Å². The Morgan fingerprint density at radius 1 is 1.36 bits per heavy atom. The molecule has 0 bridgehead atoms. The van der Waals surface area contributed by atoms with E-state index in [9.17, 15) is 4.79 Å². The molecular weight excluding hydrogens is 391 g/mol. The van der Waals surface area contributed by atoms with Gasteiger partial charge in [0.15, 0.2) is 0 Å². The molecule has 1 amide bonds. The van der Waals surface area contributed by atoms with Crippen molar-refractivity contribution in [1.82, 2.24) is 19.4 Å². The number of halogens is 1. The highest BCUT2D eigenvalue weighted by Crippen LogP contribution is 2.17. The molecule has 2 aromatic rings. The largest absolute Gasteiger partial charge is 0.336 e. The van der Waals surface area contributed by atoms with Gasteiger partial charge >= 0.3 is 0 Å². The van der Waals surface area contributed by atoms with Gasteiger partial charge < -0.3 is 4.90 Å². The van der Waals surface area contributed by atoms with E-state index in [0.29, 0.717) is 19.0 Å². The summed E-state index contributed by atoms with van der Waals surface area (Å²) < 4.78 is 3.00. The Bertz CT molecular complexity index is 682. The summed E-state index contributed by atoms with van der Waals surface area (Å²) in [5, 5.41) is 4.28. The van der Waals surface area contributed by atoms with Gasteiger partial charge in [0.05, 0.1) is 21.8 Å². The van der Waals surface area contributed by atoms with Crippen LogP contribution in [0.5, 0.6) is 0 Å². The summed E-state index contributed by atoms with van der Waals surface area (Å²) in [7, 11) is 0. The molecule has 0 radical (unpaired) electrons. The summed E-state index contributed by atoms with van der Waals surface area (Å²) in [4.78, 5) is 16.6. The van der Waals surface area contributed by atoms with E-state index < -0.39 is 0 Å². The third-order valence-electron chi connectivity index (χ3n) is 3.93. The summed E-state index contributed by atoms with van der Waals surface area (Å²) in [5.41, 5.74) is 2.26. The second-order valence-electron chi connectivity index (χ2n) is 6.30. The zero-order valence-electron chi connectivity index (χ0n) is 13.0. The van der Waals surface area contributed by atoms with Crippen LogP contribution in [-0.4, -0.2) is 51.5 Å². The van der Waals surface area contributed by atoms with Crippen molar-refractivity contribution in [1.29, 1.82) is 0 Å². The minimum absolute atomic E-state index is 0.231. The number of aromatic nitrogens is 2. The highest BCUT2D eigenvalue weighted by Gasteiger charge is 2.24. The molecule has 1 fully saturated rings. The Hall–Kier alpha value is -1.15. The van der Waals surface area contributed by atoms with Gasteiger partial charge in [-0.3, -0.25) is 9.69 Å². The third-order valence-corrected chi connectivity index (χ3v) is 4.76. The minimum Gasteiger partial charge on any atom is -0.336 e. The maximum atomic E-state index is 12.3. The van der Waals surface area contributed by atoms with E-state index in [4.69, 9.17) is 0 Å². The normalized spacial score (nSPS) is 16.9. The second-order valence-corrected chi connectivity index (χ2v) is 7.46. The van der Waals surface area contributed by atoms with Crippen LogP contribution in [0.25, 0.3) is 5.52 Å². The molecule has 118 valence electrons.